The highest BCUT2D eigenvalue weighted by Crippen LogP contribution is 2.26. The molecule has 0 saturated carbocycles. The maximum Gasteiger partial charge on any atom is 0.265 e. The number of nitrogens with one attached hydrogen (secondary N) is 1. The monoisotopic (exact) mass is 363 g/mol. The summed E-state index contributed by atoms with van der Waals surface area (Å²) in [7, 11) is 0. The van der Waals surface area contributed by atoms with Crippen LogP contribution in [0.5, 0.6) is 0 Å². The van der Waals surface area contributed by atoms with Crippen molar-refractivity contribution in [1.29, 1.82) is 0 Å². The number of pyridine rings is 1. The lowest BCUT2D eigenvalue weighted by atomic mass is 9.98. The van der Waals surface area contributed by atoms with Crippen LogP contribution in [0.4, 0.5) is 0 Å². The lowest BCUT2D eigenvalue weighted by Crippen LogP contribution is -2.53. The van der Waals surface area contributed by atoms with Gasteiger partial charge in [0.1, 0.15) is 5.57 Å². The van der Waals surface area contributed by atoms with Crippen LogP contribution in [0.2, 0.25) is 0 Å². The van der Waals surface area contributed by atoms with Gasteiger partial charge in [-0.25, -0.2) is 0 Å². The molecule has 0 bridgehead atoms. The third kappa shape index (κ3) is 3.45. The van der Waals surface area contributed by atoms with E-state index in [0.29, 0.717) is 5.56 Å². The topological polar surface area (TPSA) is 62.3 Å². The lowest BCUT2D eigenvalue weighted by molar-refractivity contribution is -0.128. The molecule has 1 N–H and O–H groups in total. The molecule has 0 aliphatic carbocycles. The molecule has 2 aromatic rings. The van der Waals surface area contributed by atoms with E-state index >= 15 is 0 Å². The van der Waals surface area contributed by atoms with Gasteiger partial charge in [-0.05, 0) is 42.4 Å². The number of carbonyl (C=O) groups is 2. The Kier molecular flexibility index (Phi) is 5.04. The van der Waals surface area contributed by atoms with Crippen LogP contribution in [0.15, 0.2) is 61.0 Å². The number of thiocarbonyl (C=S) groups is 1. The Morgan fingerprint density at radius 2 is 1.96 bits per heavy atom. The van der Waals surface area contributed by atoms with Gasteiger partial charge in [-0.1, -0.05) is 35.9 Å². The minimum atomic E-state index is -0.515. The van der Waals surface area contributed by atoms with E-state index in [1.807, 2.05) is 37.3 Å². The fourth-order valence-corrected chi connectivity index (χ4v) is 2.91. The summed E-state index contributed by atoms with van der Waals surface area (Å²) in [5, 5.41) is 2.63. The minimum absolute atomic E-state index is 0.0156. The summed E-state index contributed by atoms with van der Waals surface area (Å²) in [6.45, 7) is 5.86. The summed E-state index contributed by atoms with van der Waals surface area (Å²) in [4.78, 5) is 30.4. The van der Waals surface area contributed by atoms with Crippen molar-refractivity contribution in [3.8, 4) is 11.1 Å². The van der Waals surface area contributed by atoms with Gasteiger partial charge in [0.15, 0.2) is 5.11 Å². The number of hydrogen-bond donors (Lipinski definition) is 1. The number of hydrogen-bond acceptors (Lipinski definition) is 4. The van der Waals surface area contributed by atoms with Gasteiger partial charge in [0.2, 0.25) is 0 Å². The highest BCUT2D eigenvalue weighted by atomic mass is 32.1. The molecule has 1 saturated heterocycles. The zero-order valence-electron chi connectivity index (χ0n) is 14.2. The molecular weight excluding hydrogens is 346 g/mol. The Morgan fingerprint density at radius 3 is 2.65 bits per heavy atom. The van der Waals surface area contributed by atoms with Crippen molar-refractivity contribution in [2.45, 2.75) is 6.92 Å². The second kappa shape index (κ2) is 7.41. The second-order valence-electron chi connectivity index (χ2n) is 5.85. The van der Waals surface area contributed by atoms with Crippen LogP contribution in [0, 0.1) is 6.92 Å². The highest BCUT2D eigenvalue weighted by molar-refractivity contribution is 7.80. The van der Waals surface area contributed by atoms with E-state index in [2.05, 4.69) is 16.9 Å². The number of amides is 2. The van der Waals surface area contributed by atoms with Crippen LogP contribution in [0.3, 0.4) is 0 Å². The predicted molar refractivity (Wildman–Crippen MR) is 105 cm³/mol. The van der Waals surface area contributed by atoms with E-state index in [4.69, 9.17) is 12.2 Å². The Hall–Kier alpha value is -3.12. The molecule has 6 heteroatoms. The average molecular weight is 363 g/mol. The quantitative estimate of drug-likeness (QED) is 0.393. The van der Waals surface area contributed by atoms with E-state index in [1.165, 1.54) is 4.90 Å². The molecule has 2 heterocycles. The maximum atomic E-state index is 12.7. The Labute approximate surface area is 157 Å². The molecule has 5 nitrogen and oxygen atoms in total. The van der Waals surface area contributed by atoms with Gasteiger partial charge in [0, 0.05) is 24.5 Å². The highest BCUT2D eigenvalue weighted by Gasteiger charge is 2.32. The molecule has 1 aromatic heterocycles. The van der Waals surface area contributed by atoms with Crippen molar-refractivity contribution in [2.24, 2.45) is 0 Å². The predicted octanol–water partition coefficient (Wildman–Crippen LogP) is 2.87. The van der Waals surface area contributed by atoms with Crippen molar-refractivity contribution < 1.29 is 9.59 Å². The number of aromatic nitrogens is 1. The fraction of sp³-hybridized carbons (Fsp3) is 0.100. The summed E-state index contributed by atoms with van der Waals surface area (Å²) in [6, 6.07) is 9.86. The van der Waals surface area contributed by atoms with E-state index < -0.39 is 11.8 Å². The zero-order chi connectivity index (χ0) is 18.7. The summed E-state index contributed by atoms with van der Waals surface area (Å²) in [5.74, 6) is -0.962. The van der Waals surface area contributed by atoms with Crippen molar-refractivity contribution >= 4 is 35.2 Å². The van der Waals surface area contributed by atoms with Gasteiger partial charge in [-0.3, -0.25) is 24.8 Å². The molecule has 0 spiro atoms. The molecule has 3 rings (SSSR count). The standard InChI is InChI=1S/C20H17N3O2S/c1-3-10-23-19(25)17(18(24)22-20(23)26)11-15-12-21-9-8-16(15)14-6-4-13(2)5-7-14/h3-9,11-12H,1,10H2,2H3,(H,22,24,26). The van der Waals surface area contributed by atoms with Gasteiger partial charge in [0.25, 0.3) is 11.8 Å². The van der Waals surface area contributed by atoms with Crippen LogP contribution in [0.1, 0.15) is 11.1 Å². The van der Waals surface area contributed by atoms with Crippen LogP contribution in [-0.4, -0.2) is 33.4 Å². The number of nitrogens with zero attached hydrogens (tertiary/aromatic N) is 2. The minimum Gasteiger partial charge on any atom is -0.298 e. The molecule has 1 aromatic carbocycles. The zero-order valence-corrected chi connectivity index (χ0v) is 15.0. The summed E-state index contributed by atoms with van der Waals surface area (Å²) in [5.41, 5.74) is 3.71. The van der Waals surface area contributed by atoms with Gasteiger partial charge in [-0.15, -0.1) is 6.58 Å². The van der Waals surface area contributed by atoms with E-state index in [-0.39, 0.29) is 17.2 Å². The third-order valence-electron chi connectivity index (χ3n) is 4.01. The lowest BCUT2D eigenvalue weighted by Gasteiger charge is -2.27. The SMILES string of the molecule is C=CCN1C(=O)C(=Cc2cnccc2-c2ccc(C)cc2)C(=O)NC1=S. The van der Waals surface area contributed by atoms with Crippen LogP contribution < -0.4 is 5.32 Å². The normalized spacial score (nSPS) is 16.0. The summed E-state index contributed by atoms with van der Waals surface area (Å²) < 4.78 is 0. The Bertz CT molecular complexity index is 932. The van der Waals surface area contributed by atoms with Crippen molar-refractivity contribution in [3.05, 3.63) is 72.1 Å². The fourth-order valence-electron chi connectivity index (χ4n) is 2.66. The third-order valence-corrected chi connectivity index (χ3v) is 4.33. The number of benzene rings is 1. The molecule has 130 valence electrons. The Balaban J connectivity index is 2.05. The first-order valence-electron chi connectivity index (χ1n) is 8.02. The summed E-state index contributed by atoms with van der Waals surface area (Å²) >= 11 is 5.06. The molecular formula is C20H17N3O2S. The van der Waals surface area contributed by atoms with E-state index in [1.54, 1.807) is 24.5 Å². The van der Waals surface area contributed by atoms with Crippen molar-refractivity contribution in [3.63, 3.8) is 0 Å². The second-order valence-corrected chi connectivity index (χ2v) is 6.24. The number of carbonyl (C=O) groups excluding carboxylic acids is 2. The first-order chi connectivity index (χ1) is 12.5. The van der Waals surface area contributed by atoms with Crippen LogP contribution >= 0.6 is 12.2 Å². The van der Waals surface area contributed by atoms with Crippen LogP contribution in [-0.2, 0) is 9.59 Å². The smallest absolute Gasteiger partial charge is 0.265 e. The van der Waals surface area contributed by atoms with Gasteiger partial charge in [-0.2, -0.15) is 0 Å². The van der Waals surface area contributed by atoms with E-state index in [9.17, 15) is 9.59 Å². The van der Waals surface area contributed by atoms with Crippen molar-refractivity contribution in [2.75, 3.05) is 6.54 Å². The van der Waals surface area contributed by atoms with Crippen LogP contribution in [0.25, 0.3) is 17.2 Å². The Morgan fingerprint density at radius 1 is 1.23 bits per heavy atom. The first-order valence-corrected chi connectivity index (χ1v) is 8.43. The molecule has 2 amide bonds. The van der Waals surface area contributed by atoms with Gasteiger partial charge >= 0.3 is 0 Å². The molecule has 0 radical (unpaired) electrons. The summed E-state index contributed by atoms with van der Waals surface area (Å²) in [6.07, 6.45) is 6.42. The van der Waals surface area contributed by atoms with Crippen molar-refractivity contribution in [1.82, 2.24) is 15.2 Å². The molecule has 1 aliphatic rings. The average Bonchev–Trinajstić information content (AvgIpc) is 2.63. The number of aryl methyl sites for hydroxylation is 1. The molecule has 0 atom stereocenters. The first kappa shape index (κ1) is 17.7. The van der Waals surface area contributed by atoms with Gasteiger partial charge < -0.3 is 0 Å². The molecule has 1 aliphatic heterocycles. The van der Waals surface area contributed by atoms with E-state index in [0.717, 1.165) is 16.7 Å². The largest absolute Gasteiger partial charge is 0.298 e. The molecule has 1 fully saturated rings. The number of rotatable bonds is 4. The maximum absolute atomic E-state index is 12.7. The molecule has 26 heavy (non-hydrogen) atoms. The van der Waals surface area contributed by atoms with Gasteiger partial charge in [0.05, 0.1) is 0 Å². The molecule has 0 unspecified atom stereocenters.